The van der Waals surface area contributed by atoms with Crippen molar-refractivity contribution in [1.29, 1.82) is 0 Å². The SMILES string of the molecule is Cc1ccc2c(c1)N=C(CC(C)N)C2. The van der Waals surface area contributed by atoms with Gasteiger partial charge in [-0.2, -0.15) is 0 Å². The van der Waals surface area contributed by atoms with Crippen LogP contribution in [0, 0.1) is 6.92 Å². The Hall–Kier alpha value is -1.15. The third-order valence-electron chi connectivity index (χ3n) is 2.47. The lowest BCUT2D eigenvalue weighted by atomic mass is 10.0. The van der Waals surface area contributed by atoms with E-state index in [2.05, 4.69) is 30.1 Å². The van der Waals surface area contributed by atoms with Crippen molar-refractivity contribution in [3.8, 4) is 0 Å². The lowest BCUT2D eigenvalue weighted by molar-refractivity contribution is 0.774. The maximum absolute atomic E-state index is 5.76. The molecule has 0 spiro atoms. The van der Waals surface area contributed by atoms with Crippen molar-refractivity contribution in [2.75, 3.05) is 0 Å². The van der Waals surface area contributed by atoms with Crippen molar-refractivity contribution in [2.45, 2.75) is 32.7 Å². The summed E-state index contributed by atoms with van der Waals surface area (Å²) in [4.78, 5) is 4.59. The summed E-state index contributed by atoms with van der Waals surface area (Å²) in [6.45, 7) is 4.12. The minimum absolute atomic E-state index is 0.212. The molecule has 1 atom stereocenters. The van der Waals surface area contributed by atoms with Crippen LogP contribution in [-0.2, 0) is 6.42 Å². The van der Waals surface area contributed by atoms with Crippen LogP contribution in [0.25, 0.3) is 0 Å². The van der Waals surface area contributed by atoms with Crippen LogP contribution >= 0.6 is 0 Å². The van der Waals surface area contributed by atoms with Gasteiger partial charge in [-0.15, -0.1) is 0 Å². The molecular weight excluding hydrogens is 172 g/mol. The van der Waals surface area contributed by atoms with Crippen LogP contribution < -0.4 is 5.73 Å². The van der Waals surface area contributed by atoms with Crippen LogP contribution in [0.4, 0.5) is 5.69 Å². The molecule has 0 aliphatic carbocycles. The second-order valence-corrected chi connectivity index (χ2v) is 4.17. The number of rotatable bonds is 2. The average molecular weight is 188 g/mol. The summed E-state index contributed by atoms with van der Waals surface area (Å²) in [5.74, 6) is 0. The highest BCUT2D eigenvalue weighted by Gasteiger charge is 2.14. The number of hydrogen-bond donors (Lipinski definition) is 1. The van der Waals surface area contributed by atoms with Gasteiger partial charge in [-0.3, -0.25) is 4.99 Å². The first-order valence-electron chi connectivity index (χ1n) is 5.06. The fraction of sp³-hybridized carbons (Fsp3) is 0.417. The van der Waals surface area contributed by atoms with E-state index in [9.17, 15) is 0 Å². The Morgan fingerprint density at radius 2 is 2.29 bits per heavy atom. The van der Waals surface area contributed by atoms with E-state index in [-0.39, 0.29) is 6.04 Å². The molecule has 1 aliphatic rings. The smallest absolute Gasteiger partial charge is 0.0667 e. The quantitative estimate of drug-likeness (QED) is 0.760. The van der Waals surface area contributed by atoms with Gasteiger partial charge in [-0.25, -0.2) is 0 Å². The first-order valence-corrected chi connectivity index (χ1v) is 5.06. The lowest BCUT2D eigenvalue weighted by Crippen LogP contribution is -2.19. The molecule has 0 saturated heterocycles. The zero-order chi connectivity index (χ0) is 10.1. The molecule has 0 aromatic heterocycles. The summed E-state index contributed by atoms with van der Waals surface area (Å²) in [5, 5.41) is 0. The summed E-state index contributed by atoms with van der Waals surface area (Å²) < 4.78 is 0. The zero-order valence-corrected chi connectivity index (χ0v) is 8.75. The van der Waals surface area contributed by atoms with E-state index in [1.54, 1.807) is 0 Å². The Morgan fingerprint density at radius 3 is 3.00 bits per heavy atom. The van der Waals surface area contributed by atoms with E-state index in [1.807, 2.05) is 6.92 Å². The molecule has 0 amide bonds. The van der Waals surface area contributed by atoms with Gasteiger partial charge in [0.25, 0.3) is 0 Å². The van der Waals surface area contributed by atoms with E-state index in [1.165, 1.54) is 16.8 Å². The van der Waals surface area contributed by atoms with Crippen LogP contribution in [0.2, 0.25) is 0 Å². The van der Waals surface area contributed by atoms with Crippen molar-refractivity contribution >= 4 is 11.4 Å². The molecule has 0 fully saturated rings. The van der Waals surface area contributed by atoms with Gasteiger partial charge in [0, 0.05) is 24.6 Å². The van der Waals surface area contributed by atoms with Gasteiger partial charge in [-0.1, -0.05) is 12.1 Å². The number of benzene rings is 1. The molecule has 14 heavy (non-hydrogen) atoms. The van der Waals surface area contributed by atoms with Crippen LogP contribution in [0.1, 0.15) is 24.5 Å². The van der Waals surface area contributed by atoms with E-state index in [4.69, 9.17) is 5.73 Å². The molecule has 0 saturated carbocycles. The monoisotopic (exact) mass is 188 g/mol. The van der Waals surface area contributed by atoms with Crippen molar-refractivity contribution in [3.05, 3.63) is 29.3 Å². The minimum Gasteiger partial charge on any atom is -0.328 e. The van der Waals surface area contributed by atoms with Crippen molar-refractivity contribution in [2.24, 2.45) is 10.7 Å². The van der Waals surface area contributed by atoms with Gasteiger partial charge in [0.2, 0.25) is 0 Å². The largest absolute Gasteiger partial charge is 0.328 e. The number of hydrogen-bond acceptors (Lipinski definition) is 2. The minimum atomic E-state index is 0.212. The third kappa shape index (κ3) is 1.85. The zero-order valence-electron chi connectivity index (χ0n) is 8.75. The van der Waals surface area contributed by atoms with Gasteiger partial charge in [0.05, 0.1) is 5.69 Å². The number of fused-ring (bicyclic) bond motifs is 1. The average Bonchev–Trinajstić information content (AvgIpc) is 2.44. The highest BCUT2D eigenvalue weighted by molar-refractivity contribution is 5.94. The first-order chi connectivity index (χ1) is 6.65. The highest BCUT2D eigenvalue weighted by Crippen LogP contribution is 2.28. The molecule has 74 valence electrons. The summed E-state index contributed by atoms with van der Waals surface area (Å²) in [5.41, 5.74) is 10.7. The molecule has 1 aromatic rings. The Bertz CT molecular complexity index is 378. The molecular formula is C12H16N2. The number of nitrogens with zero attached hydrogens (tertiary/aromatic N) is 1. The second-order valence-electron chi connectivity index (χ2n) is 4.17. The molecule has 1 aromatic carbocycles. The van der Waals surface area contributed by atoms with Crippen molar-refractivity contribution in [3.63, 3.8) is 0 Å². The normalized spacial score (nSPS) is 16.4. The van der Waals surface area contributed by atoms with Gasteiger partial charge < -0.3 is 5.73 Å². The topological polar surface area (TPSA) is 38.4 Å². The lowest BCUT2D eigenvalue weighted by Gasteiger charge is -2.02. The van der Waals surface area contributed by atoms with Crippen molar-refractivity contribution in [1.82, 2.24) is 0 Å². The van der Waals surface area contributed by atoms with Crippen LogP contribution in [0.15, 0.2) is 23.2 Å². The summed E-state index contributed by atoms with van der Waals surface area (Å²) in [7, 11) is 0. The number of aliphatic imine (C=N–C) groups is 1. The van der Waals surface area contributed by atoms with Crippen LogP contribution in [0.5, 0.6) is 0 Å². The van der Waals surface area contributed by atoms with Crippen LogP contribution in [0.3, 0.4) is 0 Å². The molecule has 2 heteroatoms. The van der Waals surface area contributed by atoms with Gasteiger partial charge in [-0.05, 0) is 31.0 Å². The van der Waals surface area contributed by atoms with E-state index in [0.717, 1.165) is 18.5 Å². The van der Waals surface area contributed by atoms with Gasteiger partial charge >= 0.3 is 0 Å². The fourth-order valence-corrected chi connectivity index (χ4v) is 1.85. The molecule has 1 aliphatic heterocycles. The van der Waals surface area contributed by atoms with E-state index < -0.39 is 0 Å². The first kappa shape index (κ1) is 9.41. The van der Waals surface area contributed by atoms with E-state index in [0.29, 0.717) is 0 Å². The summed E-state index contributed by atoms with van der Waals surface area (Å²) in [6.07, 6.45) is 1.89. The maximum Gasteiger partial charge on any atom is 0.0667 e. The molecule has 1 unspecified atom stereocenters. The Kier molecular flexibility index (Phi) is 2.38. The second kappa shape index (κ2) is 3.54. The summed E-state index contributed by atoms with van der Waals surface area (Å²) >= 11 is 0. The molecule has 2 N–H and O–H groups in total. The molecule has 0 radical (unpaired) electrons. The molecule has 2 nitrogen and oxygen atoms in total. The Labute approximate surface area is 84.9 Å². The van der Waals surface area contributed by atoms with Gasteiger partial charge in [0.1, 0.15) is 0 Å². The van der Waals surface area contributed by atoms with Crippen LogP contribution in [-0.4, -0.2) is 11.8 Å². The Morgan fingerprint density at radius 1 is 1.50 bits per heavy atom. The highest BCUT2D eigenvalue weighted by atomic mass is 14.8. The predicted molar refractivity (Wildman–Crippen MR) is 60.2 cm³/mol. The Balaban J connectivity index is 2.21. The summed E-state index contributed by atoms with van der Waals surface area (Å²) in [6, 6.07) is 6.67. The maximum atomic E-state index is 5.76. The van der Waals surface area contributed by atoms with E-state index >= 15 is 0 Å². The number of nitrogens with two attached hydrogens (primary N) is 1. The van der Waals surface area contributed by atoms with Crippen molar-refractivity contribution < 1.29 is 0 Å². The standard InChI is InChI=1S/C12H16N2/c1-8-3-4-10-7-11(6-9(2)13)14-12(10)5-8/h3-5,9H,6-7,13H2,1-2H3. The predicted octanol–water partition coefficient (Wildman–Crippen LogP) is 2.36. The molecule has 1 heterocycles. The molecule has 2 rings (SSSR count). The van der Waals surface area contributed by atoms with Gasteiger partial charge in [0.15, 0.2) is 0 Å². The molecule has 0 bridgehead atoms. The fourth-order valence-electron chi connectivity index (χ4n) is 1.85. The number of aryl methyl sites for hydroxylation is 1. The third-order valence-corrected chi connectivity index (χ3v) is 2.47.